The van der Waals surface area contributed by atoms with E-state index in [4.69, 9.17) is 18.9 Å². The minimum absolute atomic E-state index is 0.00119. The largest absolute Gasteiger partial charge is 0.486 e. The molecule has 0 fully saturated rings. The van der Waals surface area contributed by atoms with E-state index in [1.165, 1.54) is 12.1 Å². The van der Waals surface area contributed by atoms with Crippen molar-refractivity contribution in [2.45, 2.75) is 6.10 Å². The van der Waals surface area contributed by atoms with Crippen molar-refractivity contribution in [3.05, 3.63) is 46.5 Å². The smallest absolute Gasteiger partial charge is 0.296 e. The van der Waals surface area contributed by atoms with Crippen molar-refractivity contribution in [2.24, 2.45) is 0 Å². The second kappa shape index (κ2) is 6.43. The van der Waals surface area contributed by atoms with Gasteiger partial charge in [-0.15, -0.1) is 0 Å². The molecule has 9 heteroatoms. The second-order valence-electron chi connectivity index (χ2n) is 5.62. The van der Waals surface area contributed by atoms with Gasteiger partial charge in [0.2, 0.25) is 6.10 Å². The molecule has 2 aliphatic heterocycles. The number of nitrogens with zero attached hydrogens (tertiary/aromatic N) is 1. The van der Waals surface area contributed by atoms with Crippen molar-refractivity contribution in [3.8, 4) is 23.0 Å². The molecule has 4 rings (SSSR count). The maximum Gasteiger partial charge on any atom is 0.296 e. The van der Waals surface area contributed by atoms with Crippen LogP contribution in [0.3, 0.4) is 0 Å². The molecule has 0 saturated carbocycles. The van der Waals surface area contributed by atoms with Gasteiger partial charge in [-0.2, -0.15) is 0 Å². The molecule has 1 atom stereocenters. The number of hydrogen-bond acceptors (Lipinski definition) is 7. The number of nitro groups is 1. The van der Waals surface area contributed by atoms with Crippen LogP contribution >= 0.6 is 0 Å². The summed E-state index contributed by atoms with van der Waals surface area (Å²) in [6.07, 6.45) is -0.933. The fourth-order valence-electron chi connectivity index (χ4n) is 2.69. The Morgan fingerprint density at radius 3 is 2.46 bits per heavy atom. The highest BCUT2D eigenvalue weighted by atomic mass is 16.6. The Balaban J connectivity index is 1.57. The standard InChI is InChI=1S/C17H14N2O7/c20-17(16-9-25-12-3-1-2-4-13(12)26-16)18-10-7-14-15(24-6-5-23-14)8-11(10)19(21)22/h1-4,7-8,16H,5-6,9H2,(H,18,20)/t16-/m1/s1. The molecule has 2 aromatic rings. The van der Waals surface area contributed by atoms with Gasteiger partial charge in [0.1, 0.15) is 25.5 Å². The zero-order chi connectivity index (χ0) is 18.1. The van der Waals surface area contributed by atoms with Crippen molar-refractivity contribution >= 4 is 17.3 Å². The summed E-state index contributed by atoms with van der Waals surface area (Å²) in [5.41, 5.74) is -0.286. The molecule has 26 heavy (non-hydrogen) atoms. The fraction of sp³-hybridized carbons (Fsp3) is 0.235. The summed E-state index contributed by atoms with van der Waals surface area (Å²) in [7, 11) is 0. The molecule has 9 nitrogen and oxygen atoms in total. The van der Waals surface area contributed by atoms with Gasteiger partial charge in [-0.25, -0.2) is 0 Å². The summed E-state index contributed by atoms with van der Waals surface area (Å²) in [6, 6.07) is 9.57. The lowest BCUT2D eigenvalue weighted by Gasteiger charge is -2.25. The van der Waals surface area contributed by atoms with E-state index in [9.17, 15) is 14.9 Å². The lowest BCUT2D eigenvalue weighted by atomic mass is 10.2. The van der Waals surface area contributed by atoms with Gasteiger partial charge < -0.3 is 24.3 Å². The van der Waals surface area contributed by atoms with Gasteiger partial charge in [0.25, 0.3) is 11.6 Å². The highest BCUT2D eigenvalue weighted by Crippen LogP contribution is 2.39. The number of nitro benzene ring substituents is 1. The highest BCUT2D eigenvalue weighted by molar-refractivity contribution is 5.97. The average Bonchev–Trinajstić information content (AvgIpc) is 2.66. The Bertz CT molecular complexity index is 883. The summed E-state index contributed by atoms with van der Waals surface area (Å²) >= 11 is 0. The van der Waals surface area contributed by atoms with E-state index in [1.54, 1.807) is 24.3 Å². The van der Waals surface area contributed by atoms with Gasteiger partial charge in [0.05, 0.1) is 11.0 Å². The SMILES string of the molecule is O=C(Nc1cc2c(cc1[N+](=O)[O-])OCCO2)[C@H]1COc2ccccc2O1. The third-order valence-corrected chi connectivity index (χ3v) is 3.92. The molecule has 0 unspecified atom stereocenters. The van der Waals surface area contributed by atoms with E-state index < -0.39 is 16.9 Å². The van der Waals surface area contributed by atoms with Crippen molar-refractivity contribution in [1.82, 2.24) is 0 Å². The van der Waals surface area contributed by atoms with Crippen molar-refractivity contribution < 1.29 is 28.7 Å². The van der Waals surface area contributed by atoms with E-state index in [0.29, 0.717) is 30.5 Å². The molecule has 1 N–H and O–H groups in total. The normalized spacial score (nSPS) is 17.3. The van der Waals surface area contributed by atoms with Crippen molar-refractivity contribution in [2.75, 3.05) is 25.1 Å². The number of nitrogens with one attached hydrogen (secondary N) is 1. The number of fused-ring (bicyclic) bond motifs is 2. The zero-order valence-corrected chi connectivity index (χ0v) is 13.5. The van der Waals surface area contributed by atoms with E-state index in [-0.39, 0.29) is 23.7 Å². The van der Waals surface area contributed by atoms with Crippen LogP contribution in [0.4, 0.5) is 11.4 Å². The monoisotopic (exact) mass is 358 g/mol. The average molecular weight is 358 g/mol. The van der Waals surface area contributed by atoms with Crippen molar-refractivity contribution in [3.63, 3.8) is 0 Å². The molecular formula is C17H14N2O7. The minimum Gasteiger partial charge on any atom is -0.486 e. The topological polar surface area (TPSA) is 109 Å². The summed E-state index contributed by atoms with van der Waals surface area (Å²) < 4.78 is 21.9. The van der Waals surface area contributed by atoms with Crippen LogP contribution in [-0.2, 0) is 4.79 Å². The van der Waals surface area contributed by atoms with Crippen LogP contribution in [-0.4, -0.2) is 36.8 Å². The predicted octanol–water partition coefficient (Wildman–Crippen LogP) is 2.14. The molecular weight excluding hydrogens is 344 g/mol. The fourth-order valence-corrected chi connectivity index (χ4v) is 2.69. The van der Waals surface area contributed by atoms with Crippen LogP contribution in [0.25, 0.3) is 0 Å². The molecule has 2 aliphatic rings. The summed E-state index contributed by atoms with van der Waals surface area (Å²) in [5.74, 6) is 1.03. The third-order valence-electron chi connectivity index (χ3n) is 3.92. The Morgan fingerprint density at radius 1 is 1.04 bits per heavy atom. The van der Waals surface area contributed by atoms with Gasteiger partial charge in [-0.1, -0.05) is 12.1 Å². The van der Waals surface area contributed by atoms with E-state index in [0.717, 1.165) is 0 Å². The van der Waals surface area contributed by atoms with Crippen molar-refractivity contribution in [1.29, 1.82) is 0 Å². The Hall–Kier alpha value is -3.49. The minimum atomic E-state index is -0.933. The first-order chi connectivity index (χ1) is 12.6. The molecule has 2 heterocycles. The molecule has 0 radical (unpaired) electrons. The number of carbonyl (C=O) groups is 1. The maximum atomic E-state index is 12.5. The number of rotatable bonds is 3. The third kappa shape index (κ3) is 2.94. The highest BCUT2D eigenvalue weighted by Gasteiger charge is 2.30. The Morgan fingerprint density at radius 2 is 1.73 bits per heavy atom. The number of anilines is 1. The summed E-state index contributed by atoms with van der Waals surface area (Å²) in [4.78, 5) is 23.2. The van der Waals surface area contributed by atoms with E-state index >= 15 is 0 Å². The number of ether oxygens (including phenoxy) is 4. The van der Waals surface area contributed by atoms with Gasteiger partial charge in [-0.05, 0) is 12.1 Å². The molecule has 0 aromatic heterocycles. The molecule has 0 saturated heterocycles. The lowest BCUT2D eigenvalue weighted by Crippen LogP contribution is -2.40. The quantitative estimate of drug-likeness (QED) is 0.661. The van der Waals surface area contributed by atoms with Gasteiger partial charge in [-0.3, -0.25) is 14.9 Å². The first-order valence-corrected chi connectivity index (χ1v) is 7.89. The van der Waals surface area contributed by atoms with Gasteiger partial charge >= 0.3 is 0 Å². The van der Waals surface area contributed by atoms with Gasteiger partial charge in [0, 0.05) is 6.07 Å². The summed E-state index contributed by atoms with van der Waals surface area (Å²) in [5, 5.41) is 13.9. The molecule has 0 aliphatic carbocycles. The van der Waals surface area contributed by atoms with Crippen LogP contribution in [0, 0.1) is 10.1 Å². The number of carbonyl (C=O) groups excluding carboxylic acids is 1. The molecule has 1 amide bonds. The number of para-hydroxylation sites is 2. The number of benzene rings is 2. The Kier molecular flexibility index (Phi) is 3.96. The van der Waals surface area contributed by atoms with E-state index in [2.05, 4.69) is 5.32 Å². The molecule has 0 bridgehead atoms. The number of hydrogen-bond donors (Lipinski definition) is 1. The predicted molar refractivity (Wildman–Crippen MR) is 89.1 cm³/mol. The second-order valence-corrected chi connectivity index (χ2v) is 5.62. The first kappa shape index (κ1) is 16.0. The summed E-state index contributed by atoms with van der Waals surface area (Å²) in [6.45, 7) is 0.637. The maximum absolute atomic E-state index is 12.5. The van der Waals surface area contributed by atoms with Crippen LogP contribution in [0.2, 0.25) is 0 Å². The van der Waals surface area contributed by atoms with Gasteiger partial charge in [0.15, 0.2) is 23.0 Å². The lowest BCUT2D eigenvalue weighted by molar-refractivity contribution is -0.384. The van der Waals surface area contributed by atoms with Crippen LogP contribution in [0.15, 0.2) is 36.4 Å². The number of amides is 1. The zero-order valence-electron chi connectivity index (χ0n) is 13.5. The molecule has 0 spiro atoms. The van der Waals surface area contributed by atoms with Crippen LogP contribution in [0.5, 0.6) is 23.0 Å². The first-order valence-electron chi connectivity index (χ1n) is 7.89. The molecule has 2 aromatic carbocycles. The Labute approximate surface area is 147 Å². The van der Waals surface area contributed by atoms with E-state index in [1.807, 2.05) is 0 Å². The molecule has 134 valence electrons. The van der Waals surface area contributed by atoms with Crippen LogP contribution in [0.1, 0.15) is 0 Å². The van der Waals surface area contributed by atoms with Crippen LogP contribution < -0.4 is 24.3 Å².